The Morgan fingerprint density at radius 3 is 1.17 bits per heavy atom. The third kappa shape index (κ3) is 56.3. The molecule has 0 radical (unpaired) electrons. The van der Waals surface area contributed by atoms with Crippen molar-refractivity contribution in [1.82, 2.24) is 5.32 Å². The van der Waals surface area contributed by atoms with Gasteiger partial charge in [0.1, 0.15) is 13.2 Å². The largest absolute Gasteiger partial charge is 0.756 e. The minimum atomic E-state index is -4.60. The predicted molar refractivity (Wildman–Crippen MR) is 307 cm³/mol. The van der Waals surface area contributed by atoms with Crippen LogP contribution in [0.2, 0.25) is 0 Å². The number of allylic oxidation sites excluding steroid dienone is 5. The first-order valence-electron chi connectivity index (χ1n) is 30.9. The number of likely N-dealkylation sites (N-methyl/N-ethyl adjacent to an activating group) is 1. The fraction of sp³-hybridized carbons (Fsp3) is 0.887. The molecule has 0 spiro atoms. The van der Waals surface area contributed by atoms with Gasteiger partial charge in [0.25, 0.3) is 7.82 Å². The number of amides is 1. The molecular formula is C62H121N2O6P. The smallest absolute Gasteiger partial charge is 0.268 e. The highest BCUT2D eigenvalue weighted by Crippen LogP contribution is 2.38. The van der Waals surface area contributed by atoms with Crippen LogP contribution in [0.3, 0.4) is 0 Å². The van der Waals surface area contributed by atoms with Crippen LogP contribution < -0.4 is 10.2 Å². The van der Waals surface area contributed by atoms with E-state index in [0.717, 1.165) is 44.9 Å². The van der Waals surface area contributed by atoms with E-state index in [1.165, 1.54) is 238 Å². The van der Waals surface area contributed by atoms with Gasteiger partial charge in [-0.2, -0.15) is 0 Å². The van der Waals surface area contributed by atoms with Gasteiger partial charge in [0.05, 0.1) is 39.9 Å². The molecule has 0 aromatic carbocycles. The van der Waals surface area contributed by atoms with Gasteiger partial charge in [0.2, 0.25) is 5.91 Å². The van der Waals surface area contributed by atoms with Crippen LogP contribution in [0.5, 0.6) is 0 Å². The Kier molecular flexibility index (Phi) is 52.6. The molecule has 0 rings (SSSR count). The van der Waals surface area contributed by atoms with Crippen molar-refractivity contribution in [2.24, 2.45) is 0 Å². The molecular weight excluding hydrogens is 900 g/mol. The van der Waals surface area contributed by atoms with Gasteiger partial charge in [0, 0.05) is 6.42 Å². The summed E-state index contributed by atoms with van der Waals surface area (Å²) in [4.78, 5) is 25.5. The van der Waals surface area contributed by atoms with E-state index in [0.29, 0.717) is 17.4 Å². The molecule has 0 saturated heterocycles. The molecule has 0 bridgehead atoms. The highest BCUT2D eigenvalue weighted by Gasteiger charge is 2.23. The van der Waals surface area contributed by atoms with Crippen molar-refractivity contribution in [3.63, 3.8) is 0 Å². The van der Waals surface area contributed by atoms with Gasteiger partial charge in [0.15, 0.2) is 0 Å². The average molecular weight is 1020 g/mol. The number of rotatable bonds is 57. The topological polar surface area (TPSA) is 108 Å². The summed E-state index contributed by atoms with van der Waals surface area (Å²) < 4.78 is 23.4. The molecule has 0 aromatic rings. The van der Waals surface area contributed by atoms with Crippen LogP contribution in [0.25, 0.3) is 0 Å². The van der Waals surface area contributed by atoms with Crippen molar-refractivity contribution >= 4 is 13.7 Å². The van der Waals surface area contributed by atoms with Gasteiger partial charge in [-0.15, -0.1) is 0 Å². The van der Waals surface area contributed by atoms with Crippen LogP contribution in [0.1, 0.15) is 303 Å². The number of unbranched alkanes of at least 4 members (excludes halogenated alkanes) is 40. The molecule has 71 heavy (non-hydrogen) atoms. The van der Waals surface area contributed by atoms with Gasteiger partial charge in [-0.25, -0.2) is 0 Å². The molecule has 3 atom stereocenters. The zero-order valence-electron chi connectivity index (χ0n) is 47.9. The van der Waals surface area contributed by atoms with Crippen LogP contribution in [0, 0.1) is 0 Å². The fourth-order valence-corrected chi connectivity index (χ4v) is 9.97. The maximum Gasteiger partial charge on any atom is 0.268 e. The quantitative estimate of drug-likeness (QED) is 0.0272. The maximum atomic E-state index is 13.0. The third-order valence-corrected chi connectivity index (χ3v) is 15.1. The Bertz CT molecular complexity index is 1250. The van der Waals surface area contributed by atoms with E-state index in [1.807, 2.05) is 27.2 Å². The Labute approximate surface area is 442 Å². The van der Waals surface area contributed by atoms with Crippen molar-refractivity contribution in [2.45, 2.75) is 315 Å². The second kappa shape index (κ2) is 53.5. The molecule has 1 amide bonds. The lowest BCUT2D eigenvalue weighted by Gasteiger charge is -2.29. The number of carbonyl (C=O) groups is 1. The zero-order valence-corrected chi connectivity index (χ0v) is 48.8. The molecule has 9 heteroatoms. The highest BCUT2D eigenvalue weighted by molar-refractivity contribution is 7.45. The number of phosphoric ester groups is 1. The predicted octanol–water partition coefficient (Wildman–Crippen LogP) is 18.3. The molecule has 2 N–H and O–H groups in total. The summed E-state index contributed by atoms with van der Waals surface area (Å²) in [5.74, 6) is -0.196. The van der Waals surface area contributed by atoms with Crippen molar-refractivity contribution in [2.75, 3.05) is 40.9 Å². The summed E-state index contributed by atoms with van der Waals surface area (Å²) in [6.07, 6.45) is 69.4. The Balaban J connectivity index is 4.16. The Hall–Kier alpha value is -1.28. The molecule has 8 nitrogen and oxygen atoms in total. The van der Waals surface area contributed by atoms with Crippen molar-refractivity contribution in [3.05, 3.63) is 36.5 Å². The van der Waals surface area contributed by atoms with E-state index in [-0.39, 0.29) is 19.1 Å². The first-order valence-corrected chi connectivity index (χ1v) is 32.3. The minimum Gasteiger partial charge on any atom is -0.756 e. The lowest BCUT2D eigenvalue weighted by atomic mass is 10.0. The molecule has 3 unspecified atom stereocenters. The number of nitrogens with zero attached hydrogens (tertiary/aromatic N) is 1. The summed E-state index contributed by atoms with van der Waals surface area (Å²) in [5.41, 5.74) is 0. The number of hydrogen-bond donors (Lipinski definition) is 2. The summed E-state index contributed by atoms with van der Waals surface area (Å²) in [6, 6.07) is -0.888. The normalized spacial score (nSPS) is 14.1. The van der Waals surface area contributed by atoms with Crippen LogP contribution in [0.15, 0.2) is 36.5 Å². The standard InChI is InChI=1S/C62H121N2O6P/c1-6-8-10-12-14-16-18-20-22-24-26-28-30-31-32-33-34-36-38-40-42-44-46-48-50-52-54-56-62(66)63-60(59-70-71(67,68)69-58-57-64(3,4)5)61(65)55-53-51-49-47-45-43-41-39-37-35-29-27-25-23-21-19-17-15-13-11-9-7-2/h26,28,31-32,53,55,60-61,65H,6-25,27,29-30,33-52,54,56-59H2,1-5H3,(H-,63,66,67,68)/b28-26-,32-31-,55-53+. The monoisotopic (exact) mass is 1020 g/mol. The first-order chi connectivity index (χ1) is 34.5. The summed E-state index contributed by atoms with van der Waals surface area (Å²) >= 11 is 0. The number of hydrogen-bond acceptors (Lipinski definition) is 6. The lowest BCUT2D eigenvalue weighted by Crippen LogP contribution is -2.45. The Morgan fingerprint density at radius 2 is 0.817 bits per heavy atom. The molecule has 0 heterocycles. The van der Waals surface area contributed by atoms with E-state index in [4.69, 9.17) is 9.05 Å². The number of aliphatic hydroxyl groups is 1. The van der Waals surface area contributed by atoms with Gasteiger partial charge in [-0.3, -0.25) is 9.36 Å². The number of nitrogens with one attached hydrogen (secondary N) is 1. The summed E-state index contributed by atoms with van der Waals surface area (Å²) in [7, 11) is 1.27. The van der Waals surface area contributed by atoms with E-state index >= 15 is 0 Å². The van der Waals surface area contributed by atoms with Crippen LogP contribution in [0.4, 0.5) is 0 Å². The Morgan fingerprint density at radius 1 is 0.493 bits per heavy atom. The average Bonchev–Trinajstić information content (AvgIpc) is 3.33. The molecule has 0 fully saturated rings. The number of quaternary nitrogens is 1. The van der Waals surface area contributed by atoms with E-state index in [1.54, 1.807) is 6.08 Å². The molecule has 0 aliphatic rings. The maximum absolute atomic E-state index is 13.0. The fourth-order valence-electron chi connectivity index (χ4n) is 9.25. The van der Waals surface area contributed by atoms with Gasteiger partial charge in [-0.05, 0) is 51.4 Å². The second-order valence-electron chi connectivity index (χ2n) is 22.4. The van der Waals surface area contributed by atoms with Crippen LogP contribution in [-0.2, 0) is 18.4 Å². The number of phosphoric acid groups is 1. The van der Waals surface area contributed by atoms with Crippen molar-refractivity contribution in [1.29, 1.82) is 0 Å². The van der Waals surface area contributed by atoms with Gasteiger partial charge in [-0.1, -0.05) is 281 Å². The molecule has 0 aliphatic heterocycles. The SMILES string of the molecule is CCCCCCCCCCC/C=C\C/C=C\CCCCCCCCCCCCCC(=O)NC(COP(=O)([O-])OCC[N+](C)(C)C)C(O)/C=C/CCCCCCCCCCCCCCCCCCCCCC. The summed E-state index contributed by atoms with van der Waals surface area (Å²) in [6.45, 7) is 4.69. The molecule has 420 valence electrons. The van der Waals surface area contributed by atoms with Crippen molar-refractivity contribution in [3.8, 4) is 0 Å². The highest BCUT2D eigenvalue weighted by atomic mass is 31.2. The zero-order chi connectivity index (χ0) is 52.0. The molecule has 0 aliphatic carbocycles. The van der Waals surface area contributed by atoms with Crippen LogP contribution >= 0.6 is 7.82 Å². The van der Waals surface area contributed by atoms with E-state index < -0.39 is 20.0 Å². The first kappa shape index (κ1) is 69.7. The second-order valence-corrected chi connectivity index (χ2v) is 23.8. The third-order valence-electron chi connectivity index (χ3n) is 14.1. The number of aliphatic hydroxyl groups excluding tert-OH is 1. The lowest BCUT2D eigenvalue weighted by molar-refractivity contribution is -0.870. The molecule has 0 aromatic heterocycles. The summed E-state index contributed by atoms with van der Waals surface area (Å²) in [5, 5.41) is 13.9. The van der Waals surface area contributed by atoms with Crippen LogP contribution in [-0.4, -0.2) is 68.5 Å². The van der Waals surface area contributed by atoms with E-state index in [9.17, 15) is 19.4 Å². The van der Waals surface area contributed by atoms with Gasteiger partial charge < -0.3 is 28.8 Å². The van der Waals surface area contributed by atoms with Crippen molar-refractivity contribution < 1.29 is 32.9 Å². The molecule has 0 saturated carbocycles. The van der Waals surface area contributed by atoms with E-state index in [2.05, 4.69) is 43.5 Å². The van der Waals surface area contributed by atoms with Gasteiger partial charge >= 0.3 is 0 Å². The number of carbonyl (C=O) groups excluding carboxylic acids is 1. The minimum absolute atomic E-state index is 0.000673.